The van der Waals surface area contributed by atoms with E-state index in [1.807, 2.05) is 54.6 Å². The van der Waals surface area contributed by atoms with Crippen LogP contribution in [0.1, 0.15) is 54.3 Å². The van der Waals surface area contributed by atoms with Gasteiger partial charge < -0.3 is 5.11 Å². The molecular weight excluding hydrogens is 613 g/mol. The highest BCUT2D eigenvalue weighted by Crippen LogP contribution is 2.38. The predicted octanol–water partition coefficient (Wildman–Crippen LogP) is 6.86. The van der Waals surface area contributed by atoms with E-state index in [-0.39, 0.29) is 4.90 Å². The molecule has 2 heterocycles. The Morgan fingerprint density at radius 2 is 1.57 bits per heavy atom. The van der Waals surface area contributed by atoms with Crippen molar-refractivity contribution in [2.45, 2.75) is 42.9 Å². The first-order valence-electron chi connectivity index (χ1n) is 13.9. The molecule has 0 aliphatic carbocycles. The summed E-state index contributed by atoms with van der Waals surface area (Å²) in [5.74, 6) is 0. The molecule has 1 N–H and O–H groups in total. The third-order valence-corrected chi connectivity index (χ3v) is 12.3. The molecule has 0 spiro atoms. The maximum atomic E-state index is 12.7. The molecule has 228 valence electrons. The summed E-state index contributed by atoms with van der Waals surface area (Å²) in [4.78, 5) is 10.2. The molecule has 0 aliphatic rings. The average Bonchev–Trinajstić information content (AvgIpc) is 3.45. The summed E-state index contributed by atoms with van der Waals surface area (Å²) in [6.45, 7) is 6.82. The monoisotopic (exact) mass is 646 g/mol. The fourth-order valence-corrected chi connectivity index (χ4v) is 6.90. The van der Waals surface area contributed by atoms with Gasteiger partial charge in [0.25, 0.3) is 0 Å². The van der Waals surface area contributed by atoms with E-state index >= 15 is 0 Å². The van der Waals surface area contributed by atoms with Crippen molar-refractivity contribution in [2.24, 2.45) is 0 Å². The van der Waals surface area contributed by atoms with Crippen molar-refractivity contribution in [2.75, 3.05) is 12.5 Å². The second kappa shape index (κ2) is 11.3. The highest BCUT2D eigenvalue weighted by molar-refractivity contribution is 7.91. The Kier molecular flexibility index (Phi) is 8.17. The summed E-state index contributed by atoms with van der Waals surface area (Å²) in [6, 6.07) is 22.1. The third kappa shape index (κ3) is 6.39. The van der Waals surface area contributed by atoms with E-state index in [2.05, 4.69) is 9.97 Å². The Balaban J connectivity index is 1.69. The third-order valence-electron chi connectivity index (χ3n) is 7.77. The summed E-state index contributed by atoms with van der Waals surface area (Å²) >= 11 is 1.37. The first-order valence-corrected chi connectivity index (χ1v) is 18.5. The van der Waals surface area contributed by atoms with Crippen molar-refractivity contribution in [3.8, 4) is 11.1 Å². The molecule has 0 saturated carbocycles. The summed E-state index contributed by atoms with van der Waals surface area (Å²) < 4.78 is 48.6. The van der Waals surface area contributed by atoms with E-state index in [4.69, 9.17) is 0 Å². The largest absolute Gasteiger partial charge is 0.385 e. The van der Waals surface area contributed by atoms with Crippen LogP contribution in [0.4, 0.5) is 0 Å². The van der Waals surface area contributed by atoms with Gasteiger partial charge in [0, 0.05) is 41.4 Å². The summed E-state index contributed by atoms with van der Waals surface area (Å²) in [5, 5.41) is 12.1. The number of hydrogen-bond acceptors (Lipinski definition) is 8. The number of sulfone groups is 2. The number of benzene rings is 3. The van der Waals surface area contributed by atoms with Crippen LogP contribution in [-0.2, 0) is 30.0 Å². The molecular formula is C34H34N2O5S3. The molecule has 0 fully saturated rings. The lowest BCUT2D eigenvalue weighted by Gasteiger charge is -2.24. The van der Waals surface area contributed by atoms with Crippen LogP contribution >= 0.6 is 11.3 Å². The van der Waals surface area contributed by atoms with Gasteiger partial charge in [-0.1, -0.05) is 36.4 Å². The summed E-state index contributed by atoms with van der Waals surface area (Å²) in [5.41, 5.74) is 4.40. The lowest BCUT2D eigenvalue weighted by Crippen LogP contribution is -2.28. The van der Waals surface area contributed by atoms with Crippen molar-refractivity contribution in [1.29, 1.82) is 0 Å². The number of fused-ring (bicyclic) bond motifs is 1. The van der Waals surface area contributed by atoms with Crippen LogP contribution in [0, 0.1) is 0 Å². The van der Waals surface area contributed by atoms with Gasteiger partial charge in [-0.15, -0.1) is 11.3 Å². The van der Waals surface area contributed by atoms with Crippen LogP contribution < -0.4 is 0 Å². The van der Waals surface area contributed by atoms with Crippen LogP contribution in [0.5, 0.6) is 0 Å². The Hall–Kier alpha value is -3.70. The molecule has 2 aromatic heterocycles. The minimum Gasteiger partial charge on any atom is -0.385 e. The van der Waals surface area contributed by atoms with E-state index in [1.54, 1.807) is 64.4 Å². The molecule has 0 atom stereocenters. The number of hydrogen-bond donors (Lipinski definition) is 1. The number of rotatable bonds is 8. The van der Waals surface area contributed by atoms with E-state index in [0.717, 1.165) is 38.7 Å². The van der Waals surface area contributed by atoms with Gasteiger partial charge in [0.05, 0.1) is 25.6 Å². The molecule has 0 bridgehead atoms. The Morgan fingerprint density at radius 3 is 2.18 bits per heavy atom. The SMILES string of the molecule is CC(C)(O)c1cnc(/C(=C\c2cccc(-c3cc(C(C)(C)S(C)(=O)=O)cc4cccnc34)c2)c2ccc(S(C)(=O)=O)cc2)s1. The van der Waals surface area contributed by atoms with Gasteiger partial charge in [0.2, 0.25) is 0 Å². The molecule has 0 saturated heterocycles. The van der Waals surface area contributed by atoms with Crippen LogP contribution in [-0.4, -0.2) is 44.4 Å². The van der Waals surface area contributed by atoms with Gasteiger partial charge in [0.1, 0.15) is 5.01 Å². The molecule has 0 radical (unpaired) electrons. The van der Waals surface area contributed by atoms with Crippen LogP contribution in [0.15, 0.2) is 90.1 Å². The normalized spacial score (nSPS) is 13.4. The standard InChI is InChI=1S/C34H34N2O5S3/c1-33(2,37)30-21-36-32(42-30)29(23-12-14-27(15-13-23)43(5,38)39)18-22-9-7-10-24(17-22)28-20-26(34(3,4)44(6,40)41)19-25-11-8-16-35-31(25)28/h7-21,37H,1-6H3/b29-18-. The van der Waals surface area contributed by atoms with Crippen molar-refractivity contribution in [3.05, 3.63) is 112 Å². The van der Waals surface area contributed by atoms with Gasteiger partial charge in [-0.25, -0.2) is 21.8 Å². The summed E-state index contributed by atoms with van der Waals surface area (Å²) in [7, 11) is -6.79. The van der Waals surface area contributed by atoms with E-state index in [0.29, 0.717) is 15.4 Å². The molecule has 3 aromatic carbocycles. The lowest BCUT2D eigenvalue weighted by atomic mass is 9.92. The van der Waals surface area contributed by atoms with Crippen LogP contribution in [0.3, 0.4) is 0 Å². The average molecular weight is 647 g/mol. The van der Waals surface area contributed by atoms with E-state index in [1.165, 1.54) is 23.8 Å². The topological polar surface area (TPSA) is 114 Å². The number of thiazole rings is 1. The van der Waals surface area contributed by atoms with Gasteiger partial charge in [-0.2, -0.15) is 0 Å². The molecule has 5 rings (SSSR count). The molecule has 7 nitrogen and oxygen atoms in total. The van der Waals surface area contributed by atoms with Crippen molar-refractivity contribution in [1.82, 2.24) is 9.97 Å². The Bertz CT molecular complexity index is 2120. The highest BCUT2D eigenvalue weighted by Gasteiger charge is 2.33. The minimum atomic E-state index is -3.42. The molecule has 0 unspecified atom stereocenters. The quantitative estimate of drug-likeness (QED) is 0.183. The second-order valence-electron chi connectivity index (χ2n) is 12.0. The van der Waals surface area contributed by atoms with Crippen molar-refractivity contribution in [3.63, 3.8) is 0 Å². The van der Waals surface area contributed by atoms with Gasteiger partial charge in [-0.05, 0) is 92.4 Å². The maximum Gasteiger partial charge on any atom is 0.175 e. The fraction of sp³-hybridized carbons (Fsp3) is 0.235. The lowest BCUT2D eigenvalue weighted by molar-refractivity contribution is 0.0823. The zero-order valence-corrected chi connectivity index (χ0v) is 27.8. The molecule has 0 aliphatic heterocycles. The van der Waals surface area contributed by atoms with Gasteiger partial charge >= 0.3 is 0 Å². The van der Waals surface area contributed by atoms with Crippen molar-refractivity contribution < 1.29 is 21.9 Å². The maximum absolute atomic E-state index is 12.7. The van der Waals surface area contributed by atoms with E-state index < -0.39 is 30.0 Å². The Labute approximate surface area is 262 Å². The smallest absolute Gasteiger partial charge is 0.175 e. The van der Waals surface area contributed by atoms with Crippen LogP contribution in [0.25, 0.3) is 33.7 Å². The van der Waals surface area contributed by atoms with E-state index in [9.17, 15) is 21.9 Å². The zero-order valence-electron chi connectivity index (χ0n) is 25.4. The highest BCUT2D eigenvalue weighted by atomic mass is 32.2. The summed E-state index contributed by atoms with van der Waals surface area (Å²) in [6.07, 6.45) is 7.77. The van der Waals surface area contributed by atoms with Crippen LogP contribution in [0.2, 0.25) is 0 Å². The molecule has 10 heteroatoms. The number of aliphatic hydroxyl groups is 1. The predicted molar refractivity (Wildman–Crippen MR) is 179 cm³/mol. The van der Waals surface area contributed by atoms with Crippen molar-refractivity contribution >= 4 is 53.6 Å². The molecule has 5 aromatic rings. The first kappa shape index (κ1) is 31.7. The zero-order chi connectivity index (χ0) is 32.1. The minimum absolute atomic E-state index is 0.218. The number of aromatic nitrogens is 2. The number of pyridine rings is 1. The number of nitrogens with zero attached hydrogens (tertiary/aromatic N) is 2. The molecule has 44 heavy (non-hydrogen) atoms. The van der Waals surface area contributed by atoms with Gasteiger partial charge in [0.15, 0.2) is 19.7 Å². The molecule has 0 amide bonds. The van der Waals surface area contributed by atoms with Gasteiger partial charge in [-0.3, -0.25) is 4.98 Å². The second-order valence-corrected chi connectivity index (χ2v) is 17.6. The Morgan fingerprint density at radius 1 is 0.864 bits per heavy atom. The fourth-order valence-electron chi connectivity index (χ4n) is 4.77. The first-order chi connectivity index (χ1) is 20.4.